The predicted octanol–water partition coefficient (Wildman–Crippen LogP) is -0.661. The Morgan fingerprint density at radius 3 is 2.33 bits per heavy atom. The van der Waals surface area contributed by atoms with Gasteiger partial charge in [-0.1, -0.05) is 19.8 Å². The summed E-state index contributed by atoms with van der Waals surface area (Å²) in [6, 6.07) is -1.68. The lowest BCUT2D eigenvalue weighted by Gasteiger charge is -2.17. The van der Waals surface area contributed by atoms with Crippen LogP contribution in [0.2, 0.25) is 0 Å². The van der Waals surface area contributed by atoms with Crippen LogP contribution in [-0.4, -0.2) is 35.0 Å². The lowest BCUT2D eigenvalue weighted by atomic mass is 10.1. The van der Waals surface area contributed by atoms with Crippen molar-refractivity contribution in [1.82, 2.24) is 5.32 Å². The predicted molar refractivity (Wildman–Crippen MR) is 65.5 cm³/mol. The Labute approximate surface area is 106 Å². The minimum absolute atomic E-state index is 0.0308. The molecule has 2 unspecified atom stereocenters. The molecule has 0 aliphatic heterocycles. The highest BCUT2D eigenvalue weighted by Crippen LogP contribution is 2.01. The van der Waals surface area contributed by atoms with Crippen molar-refractivity contribution >= 4 is 17.8 Å². The van der Waals surface area contributed by atoms with Crippen LogP contribution in [-0.2, 0) is 14.4 Å². The van der Waals surface area contributed by atoms with Crippen molar-refractivity contribution < 1.29 is 19.5 Å². The maximum Gasteiger partial charge on any atom is 0.303 e. The summed E-state index contributed by atoms with van der Waals surface area (Å²) in [5.74, 6) is -2.28. The molecule has 0 aromatic carbocycles. The van der Waals surface area contributed by atoms with Crippen LogP contribution in [0.1, 0.15) is 39.0 Å². The first-order valence-corrected chi connectivity index (χ1v) is 5.95. The van der Waals surface area contributed by atoms with Gasteiger partial charge in [-0.15, -0.1) is 0 Å². The number of aliphatic carboxylic acids is 1. The van der Waals surface area contributed by atoms with E-state index < -0.39 is 29.9 Å². The van der Waals surface area contributed by atoms with Crippen molar-refractivity contribution in [2.24, 2.45) is 11.5 Å². The molecule has 0 spiro atoms. The fraction of sp³-hybridized carbons (Fsp3) is 0.727. The molecular weight excluding hydrogens is 238 g/mol. The van der Waals surface area contributed by atoms with Crippen LogP contribution < -0.4 is 16.8 Å². The molecule has 104 valence electrons. The first-order chi connectivity index (χ1) is 8.38. The molecule has 0 saturated heterocycles. The van der Waals surface area contributed by atoms with E-state index >= 15 is 0 Å². The zero-order chi connectivity index (χ0) is 14.1. The number of carbonyl (C=O) groups is 3. The third-order valence-electron chi connectivity index (χ3n) is 2.51. The third-order valence-corrected chi connectivity index (χ3v) is 2.51. The summed E-state index contributed by atoms with van der Waals surface area (Å²) in [5, 5.41) is 10.9. The fourth-order valence-corrected chi connectivity index (χ4v) is 1.39. The molecule has 6 N–H and O–H groups in total. The molecule has 0 rings (SSSR count). The number of rotatable bonds is 9. The van der Waals surface area contributed by atoms with Crippen molar-refractivity contribution in [2.45, 2.75) is 51.1 Å². The Bertz CT molecular complexity index is 307. The smallest absolute Gasteiger partial charge is 0.303 e. The van der Waals surface area contributed by atoms with Gasteiger partial charge in [0.15, 0.2) is 0 Å². The zero-order valence-corrected chi connectivity index (χ0v) is 10.5. The number of nitrogens with one attached hydrogen (secondary N) is 1. The molecule has 0 aromatic heterocycles. The maximum absolute atomic E-state index is 11.6. The second-order valence-corrected chi connectivity index (χ2v) is 4.14. The highest BCUT2D eigenvalue weighted by atomic mass is 16.4. The van der Waals surface area contributed by atoms with Crippen molar-refractivity contribution in [3.05, 3.63) is 0 Å². The molecule has 2 atom stereocenters. The molecule has 0 aliphatic rings. The van der Waals surface area contributed by atoms with Gasteiger partial charge in [0.1, 0.15) is 6.04 Å². The second kappa shape index (κ2) is 8.46. The molecule has 0 aliphatic carbocycles. The molecule has 2 amide bonds. The summed E-state index contributed by atoms with van der Waals surface area (Å²) in [6.07, 6.45) is 1.98. The van der Waals surface area contributed by atoms with Gasteiger partial charge < -0.3 is 21.9 Å². The summed E-state index contributed by atoms with van der Waals surface area (Å²) in [7, 11) is 0. The fourth-order valence-electron chi connectivity index (χ4n) is 1.39. The van der Waals surface area contributed by atoms with Crippen LogP contribution in [0.4, 0.5) is 0 Å². The van der Waals surface area contributed by atoms with E-state index in [-0.39, 0.29) is 12.8 Å². The van der Waals surface area contributed by atoms with E-state index in [1.54, 1.807) is 0 Å². The lowest BCUT2D eigenvalue weighted by molar-refractivity contribution is -0.137. The number of carboxylic acid groups (broad SMARTS) is 1. The van der Waals surface area contributed by atoms with Crippen LogP contribution in [0.5, 0.6) is 0 Å². The van der Waals surface area contributed by atoms with Gasteiger partial charge in [0.2, 0.25) is 11.8 Å². The minimum atomic E-state index is -1.05. The van der Waals surface area contributed by atoms with Gasteiger partial charge >= 0.3 is 5.97 Å². The molecule has 7 heteroatoms. The number of hydrogen-bond acceptors (Lipinski definition) is 4. The Morgan fingerprint density at radius 2 is 1.89 bits per heavy atom. The first kappa shape index (κ1) is 16.4. The molecule has 0 bridgehead atoms. The monoisotopic (exact) mass is 259 g/mol. The van der Waals surface area contributed by atoms with Crippen molar-refractivity contribution in [3.63, 3.8) is 0 Å². The average Bonchev–Trinajstić information content (AvgIpc) is 2.30. The van der Waals surface area contributed by atoms with Crippen molar-refractivity contribution in [3.8, 4) is 0 Å². The van der Waals surface area contributed by atoms with E-state index in [9.17, 15) is 14.4 Å². The van der Waals surface area contributed by atoms with Gasteiger partial charge in [0.05, 0.1) is 6.04 Å². The number of unbranched alkanes of at least 4 members (excludes halogenated alkanes) is 1. The number of primary amides is 1. The summed E-state index contributed by atoms with van der Waals surface area (Å²) in [6.45, 7) is 1.98. The van der Waals surface area contributed by atoms with Crippen LogP contribution in [0.25, 0.3) is 0 Å². The van der Waals surface area contributed by atoms with E-state index in [0.29, 0.717) is 6.42 Å². The van der Waals surface area contributed by atoms with Gasteiger partial charge in [0, 0.05) is 6.42 Å². The second-order valence-electron chi connectivity index (χ2n) is 4.14. The normalized spacial score (nSPS) is 13.7. The number of amides is 2. The lowest BCUT2D eigenvalue weighted by Crippen LogP contribution is -2.50. The van der Waals surface area contributed by atoms with Crippen LogP contribution in [0.3, 0.4) is 0 Å². The molecule has 0 heterocycles. The highest BCUT2D eigenvalue weighted by molar-refractivity contribution is 5.89. The molecule has 18 heavy (non-hydrogen) atoms. The number of hydrogen-bond donors (Lipinski definition) is 4. The van der Waals surface area contributed by atoms with Crippen LogP contribution in [0.15, 0.2) is 0 Å². The Kier molecular flexibility index (Phi) is 7.69. The Morgan fingerprint density at radius 1 is 1.28 bits per heavy atom. The molecule has 0 radical (unpaired) electrons. The van der Waals surface area contributed by atoms with E-state index in [4.69, 9.17) is 16.6 Å². The molecule has 0 aromatic rings. The average molecular weight is 259 g/mol. The van der Waals surface area contributed by atoms with Gasteiger partial charge in [-0.2, -0.15) is 0 Å². The maximum atomic E-state index is 11.6. The van der Waals surface area contributed by atoms with Crippen molar-refractivity contribution in [2.75, 3.05) is 0 Å². The Balaban J connectivity index is 4.26. The highest BCUT2D eigenvalue weighted by Gasteiger charge is 2.22. The Hall–Kier alpha value is -1.63. The topological polar surface area (TPSA) is 136 Å². The number of nitrogens with two attached hydrogens (primary N) is 2. The summed E-state index contributed by atoms with van der Waals surface area (Å²) in [5.41, 5.74) is 10.7. The SMILES string of the molecule is CCCCC(N)C(=O)NC(CCC(=O)O)C(N)=O. The molecule has 0 fully saturated rings. The van der Waals surface area contributed by atoms with Gasteiger partial charge in [-0.3, -0.25) is 14.4 Å². The molecule has 7 nitrogen and oxygen atoms in total. The summed E-state index contributed by atoms with van der Waals surface area (Å²) < 4.78 is 0. The van der Waals surface area contributed by atoms with Crippen LogP contribution in [0, 0.1) is 0 Å². The standard InChI is InChI=1S/C11H21N3O4/c1-2-3-4-7(12)11(18)14-8(10(13)17)5-6-9(15)16/h7-8H,2-6,12H2,1H3,(H2,13,17)(H,14,18)(H,15,16). The zero-order valence-electron chi connectivity index (χ0n) is 10.5. The number of carboxylic acids is 1. The van der Waals surface area contributed by atoms with E-state index in [1.807, 2.05) is 6.92 Å². The largest absolute Gasteiger partial charge is 0.481 e. The minimum Gasteiger partial charge on any atom is -0.481 e. The summed E-state index contributed by atoms with van der Waals surface area (Å²) >= 11 is 0. The number of carbonyl (C=O) groups excluding carboxylic acids is 2. The van der Waals surface area contributed by atoms with Gasteiger partial charge in [-0.05, 0) is 12.8 Å². The molecular formula is C11H21N3O4. The van der Waals surface area contributed by atoms with Gasteiger partial charge in [-0.25, -0.2) is 0 Å². The molecule has 0 saturated carbocycles. The van der Waals surface area contributed by atoms with Gasteiger partial charge in [0.25, 0.3) is 0 Å². The first-order valence-electron chi connectivity index (χ1n) is 5.95. The quantitative estimate of drug-likeness (QED) is 0.436. The third kappa shape index (κ3) is 6.85. The van der Waals surface area contributed by atoms with E-state index in [0.717, 1.165) is 12.8 Å². The van der Waals surface area contributed by atoms with E-state index in [2.05, 4.69) is 5.32 Å². The van der Waals surface area contributed by atoms with E-state index in [1.165, 1.54) is 0 Å². The summed E-state index contributed by atoms with van der Waals surface area (Å²) in [4.78, 5) is 33.1. The van der Waals surface area contributed by atoms with Crippen LogP contribution >= 0.6 is 0 Å². The van der Waals surface area contributed by atoms with Crippen molar-refractivity contribution in [1.29, 1.82) is 0 Å².